The summed E-state index contributed by atoms with van der Waals surface area (Å²) in [5, 5.41) is 2.99. The average Bonchev–Trinajstić information content (AvgIpc) is 2.80. The van der Waals surface area contributed by atoms with Crippen molar-refractivity contribution in [3.05, 3.63) is 23.2 Å². The Hall–Kier alpha value is -1.41. The van der Waals surface area contributed by atoms with Crippen molar-refractivity contribution in [3.63, 3.8) is 0 Å². The summed E-state index contributed by atoms with van der Waals surface area (Å²) in [6.07, 6.45) is -3.55. The van der Waals surface area contributed by atoms with Crippen LogP contribution in [0.5, 0.6) is 0 Å². The van der Waals surface area contributed by atoms with Crippen molar-refractivity contribution >= 4 is 40.3 Å². The highest BCUT2D eigenvalue weighted by molar-refractivity contribution is 7.99. The third-order valence-corrected chi connectivity index (χ3v) is 4.15. The van der Waals surface area contributed by atoms with Crippen LogP contribution in [0.4, 0.5) is 13.2 Å². The first-order valence-electron chi connectivity index (χ1n) is 6.92. The zero-order valence-corrected chi connectivity index (χ0v) is 13.9. The lowest BCUT2D eigenvalue weighted by Gasteiger charge is -2.09. The number of aryl methyl sites for hydroxylation is 1. The molecule has 0 saturated carbocycles. The zero-order valence-electron chi connectivity index (χ0n) is 12.3. The number of nitrogens with zero attached hydrogens (tertiary/aromatic N) is 2. The van der Waals surface area contributed by atoms with E-state index in [4.69, 9.17) is 11.6 Å². The second-order valence-corrected chi connectivity index (χ2v) is 6.24. The lowest BCUT2D eigenvalue weighted by molar-refractivity contribution is -0.136. The van der Waals surface area contributed by atoms with Crippen molar-refractivity contribution in [2.24, 2.45) is 0 Å². The summed E-state index contributed by atoms with van der Waals surface area (Å²) in [4.78, 5) is 15.9. The molecule has 2 aromatic rings. The van der Waals surface area contributed by atoms with E-state index in [0.29, 0.717) is 22.2 Å². The first kappa shape index (κ1) is 17.9. The molecule has 0 saturated heterocycles. The number of aromatic nitrogens is 2. The second-order valence-electron chi connectivity index (χ2n) is 4.86. The molecule has 9 heteroatoms. The van der Waals surface area contributed by atoms with Gasteiger partial charge in [0.2, 0.25) is 5.91 Å². The number of fused-ring (bicyclic) bond motifs is 1. The summed E-state index contributed by atoms with van der Waals surface area (Å²) in [6.45, 7) is 1.38. The number of benzene rings is 1. The normalized spacial score (nSPS) is 11.9. The Morgan fingerprint density at radius 1 is 1.43 bits per heavy atom. The molecule has 0 spiro atoms. The number of amides is 1. The molecule has 1 aromatic heterocycles. The smallest absolute Gasteiger partial charge is 0.346 e. The van der Waals surface area contributed by atoms with Gasteiger partial charge in [-0.15, -0.1) is 0 Å². The number of carbonyl (C=O) groups is 1. The van der Waals surface area contributed by atoms with Gasteiger partial charge >= 0.3 is 6.18 Å². The predicted molar refractivity (Wildman–Crippen MR) is 84.8 cm³/mol. The Kier molecular flexibility index (Phi) is 5.80. The van der Waals surface area contributed by atoms with Crippen molar-refractivity contribution < 1.29 is 18.0 Å². The lowest BCUT2D eigenvalue weighted by atomic mass is 10.3. The third kappa shape index (κ3) is 5.04. The number of halogens is 4. The van der Waals surface area contributed by atoms with Gasteiger partial charge in [0.15, 0.2) is 5.16 Å². The molecule has 0 atom stereocenters. The van der Waals surface area contributed by atoms with Crippen LogP contribution in [0.1, 0.15) is 13.3 Å². The van der Waals surface area contributed by atoms with Crippen molar-refractivity contribution in [2.45, 2.75) is 31.2 Å². The summed E-state index contributed by atoms with van der Waals surface area (Å²) in [7, 11) is 0. The molecule has 126 valence electrons. The maximum atomic E-state index is 12.1. The molecular weight excluding hydrogens is 351 g/mol. The summed E-state index contributed by atoms with van der Waals surface area (Å²) >= 11 is 7.05. The van der Waals surface area contributed by atoms with E-state index < -0.39 is 18.6 Å². The van der Waals surface area contributed by atoms with Gasteiger partial charge in [-0.1, -0.05) is 30.3 Å². The molecule has 1 N–H and O–H groups in total. The van der Waals surface area contributed by atoms with Crippen LogP contribution >= 0.6 is 23.4 Å². The SMILES string of the molecule is CCCn1c(SCC(=O)NCC(F)(F)F)nc2cc(Cl)ccc21. The molecule has 0 unspecified atom stereocenters. The largest absolute Gasteiger partial charge is 0.405 e. The number of thioether (sulfide) groups is 1. The van der Waals surface area contributed by atoms with Crippen LogP contribution < -0.4 is 5.32 Å². The average molecular weight is 366 g/mol. The predicted octanol–water partition coefficient (Wildman–Crippen LogP) is 3.87. The van der Waals surface area contributed by atoms with Crippen LogP contribution in [-0.2, 0) is 11.3 Å². The number of rotatable bonds is 6. The van der Waals surface area contributed by atoms with Gasteiger partial charge in [0, 0.05) is 11.6 Å². The zero-order chi connectivity index (χ0) is 17.0. The standard InChI is InChI=1S/C14H15ClF3N3OS/c1-2-5-21-11-4-3-9(15)6-10(11)20-13(21)23-7-12(22)19-8-14(16,17)18/h3-4,6H,2,5,7-8H2,1H3,(H,19,22). The van der Waals surface area contributed by atoms with Gasteiger partial charge in [-0.05, 0) is 24.6 Å². The fourth-order valence-electron chi connectivity index (χ4n) is 2.01. The number of carbonyl (C=O) groups excluding carboxylic acids is 1. The van der Waals surface area contributed by atoms with Crippen LogP contribution in [0, 0.1) is 0 Å². The highest BCUT2D eigenvalue weighted by Gasteiger charge is 2.27. The van der Waals surface area contributed by atoms with E-state index in [0.717, 1.165) is 23.7 Å². The van der Waals surface area contributed by atoms with Gasteiger partial charge in [-0.3, -0.25) is 4.79 Å². The quantitative estimate of drug-likeness (QED) is 0.790. The fraction of sp³-hybridized carbons (Fsp3) is 0.429. The number of hydrogen-bond acceptors (Lipinski definition) is 3. The first-order chi connectivity index (χ1) is 10.8. The molecule has 4 nitrogen and oxygen atoms in total. The van der Waals surface area contributed by atoms with Crippen LogP contribution in [0.25, 0.3) is 11.0 Å². The number of nitrogens with one attached hydrogen (secondary N) is 1. The van der Waals surface area contributed by atoms with Gasteiger partial charge < -0.3 is 9.88 Å². The van der Waals surface area contributed by atoms with E-state index in [9.17, 15) is 18.0 Å². The van der Waals surface area contributed by atoms with E-state index in [1.807, 2.05) is 22.9 Å². The molecule has 0 aliphatic rings. The first-order valence-corrected chi connectivity index (χ1v) is 8.28. The molecule has 0 bridgehead atoms. The molecule has 1 heterocycles. The summed E-state index contributed by atoms with van der Waals surface area (Å²) < 4.78 is 38.1. The van der Waals surface area contributed by atoms with E-state index >= 15 is 0 Å². The molecule has 1 aromatic carbocycles. The third-order valence-electron chi connectivity index (χ3n) is 2.94. The van der Waals surface area contributed by atoms with Crippen LogP contribution in [0.15, 0.2) is 23.4 Å². The van der Waals surface area contributed by atoms with E-state index in [1.54, 1.807) is 12.1 Å². The Morgan fingerprint density at radius 3 is 2.83 bits per heavy atom. The Bertz CT molecular complexity index is 702. The molecular formula is C14H15ClF3N3OS. The van der Waals surface area contributed by atoms with Gasteiger partial charge in [-0.2, -0.15) is 13.2 Å². The summed E-state index contributed by atoms with van der Waals surface area (Å²) in [5.74, 6) is -0.808. The molecule has 1 amide bonds. The van der Waals surface area contributed by atoms with E-state index in [-0.39, 0.29) is 5.75 Å². The van der Waals surface area contributed by atoms with E-state index in [2.05, 4.69) is 4.98 Å². The van der Waals surface area contributed by atoms with Crippen molar-refractivity contribution in [3.8, 4) is 0 Å². The van der Waals surface area contributed by atoms with Crippen LogP contribution in [-0.4, -0.2) is 33.9 Å². The second kappa shape index (κ2) is 7.44. The Morgan fingerprint density at radius 2 is 2.17 bits per heavy atom. The fourth-order valence-corrected chi connectivity index (χ4v) is 3.05. The lowest BCUT2D eigenvalue weighted by Crippen LogP contribution is -2.34. The molecule has 0 fully saturated rings. The number of imidazole rings is 1. The maximum Gasteiger partial charge on any atom is 0.405 e. The van der Waals surface area contributed by atoms with Gasteiger partial charge in [0.1, 0.15) is 6.54 Å². The Balaban J connectivity index is 2.10. The number of alkyl halides is 3. The minimum Gasteiger partial charge on any atom is -0.346 e. The van der Waals surface area contributed by atoms with Crippen LogP contribution in [0.3, 0.4) is 0 Å². The summed E-state index contributed by atoms with van der Waals surface area (Å²) in [6, 6.07) is 5.31. The monoisotopic (exact) mass is 365 g/mol. The highest BCUT2D eigenvalue weighted by atomic mass is 35.5. The summed E-state index contributed by atoms with van der Waals surface area (Å²) in [5.41, 5.74) is 1.58. The molecule has 0 aliphatic carbocycles. The minimum atomic E-state index is -4.41. The van der Waals surface area contributed by atoms with Crippen molar-refractivity contribution in [1.82, 2.24) is 14.9 Å². The molecule has 0 radical (unpaired) electrons. The van der Waals surface area contributed by atoms with Gasteiger partial charge in [-0.25, -0.2) is 4.98 Å². The highest BCUT2D eigenvalue weighted by Crippen LogP contribution is 2.26. The van der Waals surface area contributed by atoms with Gasteiger partial charge in [0.05, 0.1) is 16.8 Å². The van der Waals surface area contributed by atoms with Gasteiger partial charge in [0.25, 0.3) is 0 Å². The van der Waals surface area contributed by atoms with Crippen LogP contribution in [0.2, 0.25) is 5.02 Å². The van der Waals surface area contributed by atoms with Crippen molar-refractivity contribution in [1.29, 1.82) is 0 Å². The maximum absolute atomic E-state index is 12.1. The Labute approximate surface area is 140 Å². The molecule has 0 aliphatic heterocycles. The molecule has 2 rings (SSSR count). The molecule has 23 heavy (non-hydrogen) atoms. The minimum absolute atomic E-state index is 0.128. The van der Waals surface area contributed by atoms with Crippen molar-refractivity contribution in [2.75, 3.05) is 12.3 Å². The van der Waals surface area contributed by atoms with E-state index in [1.165, 1.54) is 0 Å². The topological polar surface area (TPSA) is 46.9 Å². The number of hydrogen-bond donors (Lipinski definition) is 1.